The van der Waals surface area contributed by atoms with Gasteiger partial charge in [0.2, 0.25) is 5.91 Å². The van der Waals surface area contributed by atoms with Crippen molar-refractivity contribution in [1.29, 1.82) is 0 Å². The molecular formula is C13H24N2O. The predicted octanol–water partition coefficient (Wildman–Crippen LogP) is 1.68. The molecule has 0 aromatic rings. The van der Waals surface area contributed by atoms with Gasteiger partial charge in [-0.1, -0.05) is 26.2 Å². The number of hydrogen-bond donors (Lipinski definition) is 2. The summed E-state index contributed by atoms with van der Waals surface area (Å²) in [6, 6.07) is 0.350. The lowest BCUT2D eigenvalue weighted by atomic mass is 9.87. The molecule has 1 saturated carbocycles. The molecule has 1 saturated heterocycles. The lowest BCUT2D eigenvalue weighted by Crippen LogP contribution is -2.51. The second-order valence-electron chi connectivity index (χ2n) is 5.42. The fourth-order valence-electron chi connectivity index (χ4n) is 2.85. The summed E-state index contributed by atoms with van der Waals surface area (Å²) in [5.74, 6) is 1.22. The number of amides is 1. The molecule has 92 valence electrons. The first-order chi connectivity index (χ1) is 7.77. The first-order valence-corrected chi connectivity index (χ1v) is 6.78. The normalized spacial score (nSPS) is 32.3. The average Bonchev–Trinajstić information content (AvgIpc) is 2.33. The molecule has 0 bridgehead atoms. The van der Waals surface area contributed by atoms with Crippen molar-refractivity contribution in [1.82, 2.24) is 10.6 Å². The number of piperidine rings is 1. The molecule has 16 heavy (non-hydrogen) atoms. The summed E-state index contributed by atoms with van der Waals surface area (Å²) < 4.78 is 0. The molecule has 2 N–H and O–H groups in total. The third-order valence-electron chi connectivity index (χ3n) is 4.13. The molecule has 0 radical (unpaired) electrons. The molecular weight excluding hydrogens is 200 g/mol. The molecule has 3 nitrogen and oxygen atoms in total. The number of carbonyl (C=O) groups excluding carboxylic acids is 1. The third kappa shape index (κ3) is 2.97. The Bertz CT molecular complexity index is 236. The quantitative estimate of drug-likeness (QED) is 0.749. The second kappa shape index (κ2) is 5.67. The Morgan fingerprint density at radius 2 is 1.94 bits per heavy atom. The molecule has 0 aromatic heterocycles. The Hall–Kier alpha value is -0.570. The van der Waals surface area contributed by atoms with E-state index < -0.39 is 0 Å². The van der Waals surface area contributed by atoms with Gasteiger partial charge in [-0.3, -0.25) is 4.79 Å². The van der Waals surface area contributed by atoms with E-state index in [0.717, 1.165) is 25.9 Å². The highest BCUT2D eigenvalue weighted by atomic mass is 16.1. The number of hydrogen-bond acceptors (Lipinski definition) is 2. The molecule has 2 unspecified atom stereocenters. The van der Waals surface area contributed by atoms with E-state index in [1.165, 1.54) is 25.7 Å². The van der Waals surface area contributed by atoms with Crippen LogP contribution >= 0.6 is 0 Å². The van der Waals surface area contributed by atoms with Crippen LogP contribution in [0, 0.1) is 11.8 Å². The average molecular weight is 224 g/mol. The van der Waals surface area contributed by atoms with Gasteiger partial charge in [0, 0.05) is 18.5 Å². The van der Waals surface area contributed by atoms with E-state index in [1.54, 1.807) is 0 Å². The molecule has 3 heteroatoms. The molecule has 2 rings (SSSR count). The van der Waals surface area contributed by atoms with Crippen molar-refractivity contribution in [3.8, 4) is 0 Å². The van der Waals surface area contributed by atoms with Crippen LogP contribution in [-0.2, 0) is 4.79 Å². The Balaban J connectivity index is 1.80. The standard InChI is InChI=1S/C13H24N2O/c1-10-7-8-14-9-12(10)15-13(16)11-5-3-2-4-6-11/h10-12,14H,2-9H2,1H3,(H,15,16). The van der Waals surface area contributed by atoms with Crippen molar-refractivity contribution in [2.75, 3.05) is 13.1 Å². The topological polar surface area (TPSA) is 41.1 Å². The Morgan fingerprint density at radius 3 is 2.62 bits per heavy atom. The second-order valence-corrected chi connectivity index (χ2v) is 5.42. The van der Waals surface area contributed by atoms with Crippen molar-refractivity contribution >= 4 is 5.91 Å². The highest BCUT2D eigenvalue weighted by Gasteiger charge is 2.27. The minimum absolute atomic E-state index is 0.294. The van der Waals surface area contributed by atoms with Gasteiger partial charge in [0.1, 0.15) is 0 Å². The Morgan fingerprint density at radius 1 is 1.19 bits per heavy atom. The number of carbonyl (C=O) groups is 1. The van der Waals surface area contributed by atoms with Gasteiger partial charge in [0.15, 0.2) is 0 Å². The van der Waals surface area contributed by atoms with E-state index in [9.17, 15) is 4.79 Å². The largest absolute Gasteiger partial charge is 0.352 e. The summed E-state index contributed by atoms with van der Waals surface area (Å²) in [5, 5.41) is 6.60. The van der Waals surface area contributed by atoms with Crippen molar-refractivity contribution < 1.29 is 4.79 Å². The fourth-order valence-corrected chi connectivity index (χ4v) is 2.85. The zero-order valence-electron chi connectivity index (χ0n) is 10.3. The van der Waals surface area contributed by atoms with Gasteiger partial charge in [0.25, 0.3) is 0 Å². The van der Waals surface area contributed by atoms with Crippen LogP contribution < -0.4 is 10.6 Å². The van der Waals surface area contributed by atoms with Crippen molar-refractivity contribution in [3.63, 3.8) is 0 Å². The van der Waals surface area contributed by atoms with Crippen LogP contribution in [0.25, 0.3) is 0 Å². The van der Waals surface area contributed by atoms with Crippen LogP contribution in [0.1, 0.15) is 45.4 Å². The highest BCUT2D eigenvalue weighted by molar-refractivity contribution is 5.79. The van der Waals surface area contributed by atoms with Crippen molar-refractivity contribution in [2.24, 2.45) is 11.8 Å². The monoisotopic (exact) mass is 224 g/mol. The Kier molecular flexibility index (Phi) is 4.22. The Labute approximate surface area is 98.4 Å². The minimum Gasteiger partial charge on any atom is -0.352 e. The van der Waals surface area contributed by atoms with Gasteiger partial charge in [-0.25, -0.2) is 0 Å². The van der Waals surface area contributed by atoms with Gasteiger partial charge in [-0.05, 0) is 31.7 Å². The molecule has 2 aliphatic rings. The summed E-state index contributed by atoms with van der Waals surface area (Å²) >= 11 is 0. The van der Waals surface area contributed by atoms with Crippen LogP contribution in [0.4, 0.5) is 0 Å². The van der Waals surface area contributed by atoms with E-state index in [4.69, 9.17) is 0 Å². The summed E-state index contributed by atoms with van der Waals surface area (Å²) in [7, 11) is 0. The van der Waals surface area contributed by atoms with E-state index >= 15 is 0 Å². The number of rotatable bonds is 2. The predicted molar refractivity (Wildman–Crippen MR) is 65.2 cm³/mol. The first kappa shape index (κ1) is 11.9. The fraction of sp³-hybridized carbons (Fsp3) is 0.923. The molecule has 1 heterocycles. The molecule has 2 atom stereocenters. The molecule has 1 aliphatic carbocycles. The number of nitrogens with one attached hydrogen (secondary N) is 2. The molecule has 2 fully saturated rings. The van der Waals surface area contributed by atoms with Gasteiger partial charge in [-0.15, -0.1) is 0 Å². The van der Waals surface area contributed by atoms with Crippen LogP contribution in [0.2, 0.25) is 0 Å². The van der Waals surface area contributed by atoms with E-state index in [0.29, 0.717) is 23.8 Å². The van der Waals surface area contributed by atoms with Crippen molar-refractivity contribution in [2.45, 2.75) is 51.5 Å². The van der Waals surface area contributed by atoms with Gasteiger partial charge >= 0.3 is 0 Å². The first-order valence-electron chi connectivity index (χ1n) is 6.78. The van der Waals surface area contributed by atoms with E-state index in [-0.39, 0.29) is 0 Å². The van der Waals surface area contributed by atoms with Crippen LogP contribution in [0.3, 0.4) is 0 Å². The zero-order chi connectivity index (χ0) is 11.4. The van der Waals surface area contributed by atoms with Crippen molar-refractivity contribution in [3.05, 3.63) is 0 Å². The summed E-state index contributed by atoms with van der Waals surface area (Å²) in [4.78, 5) is 12.1. The SMILES string of the molecule is CC1CCNCC1NC(=O)C1CCCCC1. The summed E-state index contributed by atoms with van der Waals surface area (Å²) in [6.07, 6.45) is 7.15. The summed E-state index contributed by atoms with van der Waals surface area (Å²) in [6.45, 7) is 4.28. The molecule has 1 amide bonds. The lowest BCUT2D eigenvalue weighted by Gasteiger charge is -2.32. The van der Waals surface area contributed by atoms with Crippen LogP contribution in [0.15, 0.2) is 0 Å². The van der Waals surface area contributed by atoms with Crippen LogP contribution in [0.5, 0.6) is 0 Å². The van der Waals surface area contributed by atoms with Gasteiger partial charge in [0.05, 0.1) is 0 Å². The third-order valence-corrected chi connectivity index (χ3v) is 4.13. The molecule has 0 aromatic carbocycles. The van der Waals surface area contributed by atoms with Crippen LogP contribution in [-0.4, -0.2) is 25.0 Å². The maximum atomic E-state index is 12.1. The summed E-state index contributed by atoms with van der Waals surface area (Å²) in [5.41, 5.74) is 0. The molecule has 1 aliphatic heterocycles. The highest BCUT2D eigenvalue weighted by Crippen LogP contribution is 2.24. The maximum absolute atomic E-state index is 12.1. The van der Waals surface area contributed by atoms with E-state index in [1.807, 2.05) is 0 Å². The minimum atomic E-state index is 0.294. The maximum Gasteiger partial charge on any atom is 0.223 e. The van der Waals surface area contributed by atoms with Gasteiger partial charge in [-0.2, -0.15) is 0 Å². The smallest absolute Gasteiger partial charge is 0.223 e. The lowest BCUT2D eigenvalue weighted by molar-refractivity contribution is -0.127. The van der Waals surface area contributed by atoms with Gasteiger partial charge < -0.3 is 10.6 Å². The molecule has 0 spiro atoms. The zero-order valence-corrected chi connectivity index (χ0v) is 10.3. The van der Waals surface area contributed by atoms with E-state index in [2.05, 4.69) is 17.6 Å².